The van der Waals surface area contributed by atoms with E-state index in [4.69, 9.17) is 101 Å². The average molecular weight is 608 g/mol. The molecule has 0 amide bonds. The van der Waals surface area contributed by atoms with E-state index in [0.29, 0.717) is 39.6 Å². The maximum atomic E-state index is 4.99. The molecule has 0 bridgehead atoms. The Morgan fingerprint density at radius 1 is 0.393 bits per heavy atom. The maximum Gasteiger partial charge on any atom is 6.00 e. The third-order valence-corrected chi connectivity index (χ3v) is 8.96. The van der Waals surface area contributed by atoms with Crippen molar-refractivity contribution in [2.45, 2.75) is 41.5 Å². The topological polar surface area (TPSA) is 55.4 Å². The van der Waals surface area contributed by atoms with Crippen molar-refractivity contribution >= 4 is 91.9 Å². The van der Waals surface area contributed by atoms with Gasteiger partial charge < -0.3 is 73.5 Å². The van der Waals surface area contributed by atoms with E-state index in [2.05, 4.69) is 0 Å². The first-order valence-electron chi connectivity index (χ1n) is 8.17. The van der Waals surface area contributed by atoms with Gasteiger partial charge in [-0.3, -0.25) is 27.1 Å². The van der Waals surface area contributed by atoms with Gasteiger partial charge in [0, 0.05) is 18.4 Å². The quantitative estimate of drug-likeness (QED) is 0.208. The van der Waals surface area contributed by atoms with Crippen LogP contribution >= 0.6 is 18.4 Å². The third-order valence-electron chi connectivity index (χ3n) is 1.72. The summed E-state index contributed by atoms with van der Waals surface area (Å²) in [6.45, 7) is 14.4. The second-order valence-corrected chi connectivity index (χ2v) is 18.8. The largest absolute Gasteiger partial charge is 6.00 e. The minimum Gasteiger partial charge on any atom is -0.516 e. The molecule has 0 saturated heterocycles. The predicted molar refractivity (Wildman–Crippen MR) is 135 cm³/mol. The van der Waals surface area contributed by atoms with Gasteiger partial charge in [0.15, 0.2) is 0 Å². The van der Waals surface area contributed by atoms with E-state index in [1.54, 1.807) is 0 Å². The molecule has 0 unspecified atom stereocenters. The molecule has 28 heavy (non-hydrogen) atoms. The van der Waals surface area contributed by atoms with Gasteiger partial charge in [-0.25, -0.2) is 0 Å². The van der Waals surface area contributed by atoms with E-state index >= 15 is 0 Å². The standard InChI is InChI=1S/3C4H11O2PS2.Cr/c3*1-3-5-7(8,9)6-4-2;/h3*3-4H2,1-2H3,(H,8,9);/q;;;+6/p-3. The maximum absolute atomic E-state index is 4.99. The molecule has 0 saturated carbocycles. The van der Waals surface area contributed by atoms with Gasteiger partial charge in [-0.2, -0.15) is 0 Å². The number of rotatable bonds is 12. The Bertz CT molecular complexity index is 267. The van der Waals surface area contributed by atoms with Crippen molar-refractivity contribution in [2.75, 3.05) is 39.6 Å². The Morgan fingerprint density at radius 3 is 0.571 bits per heavy atom. The van der Waals surface area contributed by atoms with Crippen LogP contribution in [0.2, 0.25) is 0 Å². The summed E-state index contributed by atoms with van der Waals surface area (Å²) in [6, 6.07) is 0. The van der Waals surface area contributed by atoms with E-state index in [9.17, 15) is 0 Å². The first-order valence-corrected chi connectivity index (χ1v) is 19.1. The molecule has 0 atom stereocenters. The van der Waals surface area contributed by atoms with Crippen molar-refractivity contribution in [2.24, 2.45) is 0 Å². The van der Waals surface area contributed by atoms with E-state index in [0.717, 1.165) is 0 Å². The fourth-order valence-corrected chi connectivity index (χ4v) is 6.98. The van der Waals surface area contributed by atoms with Crippen LogP contribution in [0.25, 0.3) is 0 Å². The molecule has 0 aliphatic heterocycles. The fourth-order valence-electron chi connectivity index (χ4n) is 1.06. The number of hydrogen-bond donors (Lipinski definition) is 0. The monoisotopic (exact) mass is 607 g/mol. The molecule has 0 aromatic heterocycles. The van der Waals surface area contributed by atoms with Gasteiger partial charge in [-0.05, 0) is 41.5 Å². The van der Waals surface area contributed by atoms with Gasteiger partial charge in [0.25, 0.3) is 0 Å². The van der Waals surface area contributed by atoms with Crippen LogP contribution in [0, 0.1) is 0 Å². The molecule has 0 aliphatic carbocycles. The fraction of sp³-hybridized carbons (Fsp3) is 1.00. The molecular formula is C12H30CrO6P3S6+3. The van der Waals surface area contributed by atoms with E-state index in [1.165, 1.54) is 0 Å². The molecule has 16 heteroatoms. The Kier molecular flexibility index (Phi) is 33.1. The minimum absolute atomic E-state index is 0. The van der Waals surface area contributed by atoms with Gasteiger partial charge in [0.05, 0.1) is 39.6 Å². The van der Waals surface area contributed by atoms with Crippen molar-refractivity contribution in [3.05, 3.63) is 0 Å². The van der Waals surface area contributed by atoms with Crippen LogP contribution in [0.5, 0.6) is 0 Å². The van der Waals surface area contributed by atoms with E-state index in [-0.39, 0.29) is 17.4 Å². The molecule has 0 aliphatic rings. The molecule has 0 radical (unpaired) electrons. The van der Waals surface area contributed by atoms with Gasteiger partial charge >= 0.3 is 17.4 Å². The molecule has 0 aromatic rings. The van der Waals surface area contributed by atoms with Crippen LogP contribution < -0.4 is 0 Å². The zero-order valence-electron chi connectivity index (χ0n) is 16.9. The Balaban J connectivity index is -0.000000152. The van der Waals surface area contributed by atoms with Crippen molar-refractivity contribution in [3.63, 3.8) is 0 Å². The Hall–Kier alpha value is 3.68. The second-order valence-electron chi connectivity index (χ2n) is 3.85. The summed E-state index contributed by atoms with van der Waals surface area (Å²) in [6.07, 6.45) is -6.83. The van der Waals surface area contributed by atoms with Gasteiger partial charge in [0.1, 0.15) is 0 Å². The smallest absolute Gasteiger partial charge is 0.516 e. The van der Waals surface area contributed by atoms with Crippen LogP contribution in [0.3, 0.4) is 0 Å². The summed E-state index contributed by atoms with van der Waals surface area (Å²) in [5.74, 6) is 0. The summed E-state index contributed by atoms with van der Waals surface area (Å²) >= 11 is 28.9. The second kappa shape index (κ2) is 23.8. The third kappa shape index (κ3) is 31.9. The molecular weight excluding hydrogens is 577 g/mol. The summed E-state index contributed by atoms with van der Waals surface area (Å²) in [7, 11) is 0. The van der Waals surface area contributed by atoms with Crippen molar-refractivity contribution in [1.29, 1.82) is 0 Å². The molecule has 0 rings (SSSR count). The van der Waals surface area contributed by atoms with Crippen molar-refractivity contribution in [1.82, 2.24) is 0 Å². The molecule has 0 heterocycles. The molecule has 168 valence electrons. The minimum atomic E-state index is -2.28. The van der Waals surface area contributed by atoms with Crippen LogP contribution in [0.1, 0.15) is 41.5 Å². The number of hydrogen-bond acceptors (Lipinski definition) is 12. The normalized spacial score (nSPS) is 11.6. The Labute approximate surface area is 216 Å². The van der Waals surface area contributed by atoms with Crippen LogP contribution in [-0.2, 0) is 118 Å². The molecule has 6 nitrogen and oxygen atoms in total. The summed E-state index contributed by atoms with van der Waals surface area (Å²) in [5, 5.41) is 0. The molecule has 0 fully saturated rings. The van der Waals surface area contributed by atoms with Crippen LogP contribution in [0.4, 0.5) is 0 Å². The molecule has 0 N–H and O–H groups in total. The SMILES string of the molecule is CCO[P+]([S-])([S-])OCC.CCO[P+]([S-])([S-])OCC.CCO[P+]([S-])([S-])OCC.[Cr+6]. The predicted octanol–water partition coefficient (Wildman–Crippen LogP) is 5.49. The van der Waals surface area contributed by atoms with Gasteiger partial charge in [-0.1, -0.05) is 0 Å². The van der Waals surface area contributed by atoms with Crippen LogP contribution in [0.15, 0.2) is 0 Å². The first kappa shape index (κ1) is 38.9. The van der Waals surface area contributed by atoms with E-state index in [1.807, 2.05) is 41.5 Å². The van der Waals surface area contributed by atoms with Gasteiger partial charge in [-0.15, -0.1) is 0 Å². The summed E-state index contributed by atoms with van der Waals surface area (Å²) < 4.78 is 29.9. The van der Waals surface area contributed by atoms with Crippen LogP contribution in [-0.4, -0.2) is 39.6 Å². The Morgan fingerprint density at radius 2 is 0.500 bits per heavy atom. The van der Waals surface area contributed by atoms with E-state index < -0.39 is 18.4 Å². The van der Waals surface area contributed by atoms with Crippen molar-refractivity contribution < 1.29 is 44.5 Å². The summed E-state index contributed by atoms with van der Waals surface area (Å²) in [5.41, 5.74) is 0. The van der Waals surface area contributed by atoms with Gasteiger partial charge in [0.2, 0.25) is 0 Å². The zero-order chi connectivity index (χ0) is 22.0. The molecule has 0 spiro atoms. The summed E-state index contributed by atoms with van der Waals surface area (Å²) in [4.78, 5) is 0. The first-order chi connectivity index (χ1) is 12.4. The van der Waals surface area contributed by atoms with Crippen molar-refractivity contribution in [3.8, 4) is 0 Å². The molecule has 0 aromatic carbocycles. The zero-order valence-corrected chi connectivity index (χ0v) is 25.7. The average Bonchev–Trinajstić information content (AvgIpc) is 2.47.